The Balaban J connectivity index is 1.99. The fourth-order valence-corrected chi connectivity index (χ4v) is 1.40. The predicted octanol–water partition coefficient (Wildman–Crippen LogP) is 1.52. The summed E-state index contributed by atoms with van der Waals surface area (Å²) in [7, 11) is 0. The number of oxazole rings is 1. The Hall–Kier alpha value is -2.14. The molecule has 0 saturated carbocycles. The number of nitrogens with one attached hydrogen (secondary N) is 1. The lowest BCUT2D eigenvalue weighted by Gasteiger charge is -1.96. The lowest BCUT2D eigenvalue weighted by Crippen LogP contribution is -2.21. The maximum absolute atomic E-state index is 10.3. The van der Waals surface area contributed by atoms with Gasteiger partial charge in [-0.15, -0.1) is 0 Å². The van der Waals surface area contributed by atoms with Crippen LogP contribution < -0.4 is 5.32 Å². The van der Waals surface area contributed by atoms with Crippen molar-refractivity contribution < 1.29 is 14.3 Å². The molecular formula is C12H12N2O3. The molecule has 1 aromatic heterocycles. The average molecular weight is 232 g/mol. The first-order valence-corrected chi connectivity index (χ1v) is 5.18. The lowest BCUT2D eigenvalue weighted by molar-refractivity contribution is -0.135. The first kappa shape index (κ1) is 11.3. The predicted molar refractivity (Wildman–Crippen MR) is 61.3 cm³/mol. The highest BCUT2D eigenvalue weighted by Gasteiger charge is 2.06. The van der Waals surface area contributed by atoms with Crippen LogP contribution in [0.3, 0.4) is 0 Å². The van der Waals surface area contributed by atoms with Crippen molar-refractivity contribution >= 4 is 5.97 Å². The molecule has 0 atom stereocenters. The molecule has 1 heterocycles. The van der Waals surface area contributed by atoms with Crippen molar-refractivity contribution in [2.45, 2.75) is 6.54 Å². The topological polar surface area (TPSA) is 75.4 Å². The highest BCUT2D eigenvalue weighted by Crippen LogP contribution is 2.17. The number of rotatable bonds is 5. The van der Waals surface area contributed by atoms with Gasteiger partial charge in [-0.1, -0.05) is 18.2 Å². The summed E-state index contributed by atoms with van der Waals surface area (Å²) in [5.74, 6) is -0.352. The van der Waals surface area contributed by atoms with Crippen molar-refractivity contribution in [1.29, 1.82) is 0 Å². The summed E-state index contributed by atoms with van der Waals surface area (Å²) < 4.78 is 5.31. The Kier molecular flexibility index (Phi) is 3.52. The van der Waals surface area contributed by atoms with E-state index in [1.165, 1.54) is 6.26 Å². The van der Waals surface area contributed by atoms with Crippen LogP contribution in [-0.2, 0) is 11.3 Å². The minimum Gasteiger partial charge on any atom is -0.480 e. The van der Waals surface area contributed by atoms with E-state index in [-0.39, 0.29) is 6.54 Å². The molecular weight excluding hydrogens is 220 g/mol. The van der Waals surface area contributed by atoms with E-state index >= 15 is 0 Å². The van der Waals surface area contributed by atoms with Gasteiger partial charge in [-0.05, 0) is 12.1 Å². The number of carbonyl (C=O) groups is 1. The fourth-order valence-electron chi connectivity index (χ4n) is 1.40. The van der Waals surface area contributed by atoms with Gasteiger partial charge in [0.25, 0.3) is 0 Å². The molecule has 2 N–H and O–H groups in total. The molecule has 0 aliphatic heterocycles. The van der Waals surface area contributed by atoms with Crippen molar-refractivity contribution in [2.24, 2.45) is 0 Å². The number of carboxylic acids is 1. The highest BCUT2D eigenvalue weighted by molar-refractivity contribution is 5.68. The van der Waals surface area contributed by atoms with Gasteiger partial charge in [0.05, 0.1) is 12.2 Å². The zero-order chi connectivity index (χ0) is 12.1. The van der Waals surface area contributed by atoms with Gasteiger partial charge in [0.2, 0.25) is 5.89 Å². The summed E-state index contributed by atoms with van der Waals surface area (Å²) in [6, 6.07) is 9.53. The molecule has 1 aromatic carbocycles. The molecule has 5 heteroatoms. The second-order valence-corrected chi connectivity index (χ2v) is 3.51. The minimum absolute atomic E-state index is 0.0898. The van der Waals surface area contributed by atoms with Crippen LogP contribution >= 0.6 is 0 Å². The first-order chi connectivity index (χ1) is 8.25. The molecule has 2 rings (SSSR count). The Morgan fingerprint density at radius 3 is 2.82 bits per heavy atom. The van der Waals surface area contributed by atoms with Gasteiger partial charge in [-0.3, -0.25) is 4.79 Å². The third kappa shape index (κ3) is 3.15. The number of aliphatic carboxylic acids is 1. The van der Waals surface area contributed by atoms with Gasteiger partial charge in [-0.2, -0.15) is 0 Å². The Morgan fingerprint density at radius 1 is 1.35 bits per heavy atom. The second kappa shape index (κ2) is 5.27. The zero-order valence-electron chi connectivity index (χ0n) is 9.09. The van der Waals surface area contributed by atoms with Crippen molar-refractivity contribution in [2.75, 3.05) is 6.54 Å². The molecule has 0 saturated heterocycles. The summed E-state index contributed by atoms with van der Waals surface area (Å²) in [4.78, 5) is 14.6. The number of carboxylic acid groups (broad SMARTS) is 1. The smallest absolute Gasteiger partial charge is 0.317 e. The van der Waals surface area contributed by atoms with E-state index in [2.05, 4.69) is 10.3 Å². The van der Waals surface area contributed by atoms with Crippen molar-refractivity contribution in [3.8, 4) is 11.5 Å². The minimum atomic E-state index is -0.892. The van der Waals surface area contributed by atoms with Crippen LogP contribution in [0.15, 0.2) is 41.0 Å². The van der Waals surface area contributed by atoms with E-state index in [9.17, 15) is 4.79 Å². The molecule has 0 radical (unpaired) electrons. The van der Waals surface area contributed by atoms with Crippen LogP contribution in [-0.4, -0.2) is 22.6 Å². The SMILES string of the molecule is O=C(O)CNCc1coc(-c2ccccc2)n1. The van der Waals surface area contributed by atoms with Gasteiger partial charge in [0, 0.05) is 12.1 Å². The van der Waals surface area contributed by atoms with Crippen LogP contribution in [0.25, 0.3) is 11.5 Å². The molecule has 0 aliphatic rings. The maximum atomic E-state index is 10.3. The third-order valence-electron chi connectivity index (χ3n) is 2.15. The lowest BCUT2D eigenvalue weighted by atomic mass is 10.2. The largest absolute Gasteiger partial charge is 0.480 e. The summed E-state index contributed by atoms with van der Waals surface area (Å²) in [5, 5.41) is 11.2. The van der Waals surface area contributed by atoms with E-state index < -0.39 is 5.97 Å². The van der Waals surface area contributed by atoms with Crippen LogP contribution in [0.1, 0.15) is 5.69 Å². The van der Waals surface area contributed by atoms with Gasteiger partial charge < -0.3 is 14.8 Å². The fraction of sp³-hybridized carbons (Fsp3) is 0.167. The number of benzene rings is 1. The zero-order valence-corrected chi connectivity index (χ0v) is 9.09. The molecule has 0 spiro atoms. The van der Waals surface area contributed by atoms with Crippen LogP contribution in [0.5, 0.6) is 0 Å². The summed E-state index contributed by atoms with van der Waals surface area (Å²) in [6.45, 7) is 0.288. The maximum Gasteiger partial charge on any atom is 0.317 e. The van der Waals surface area contributed by atoms with E-state index in [0.29, 0.717) is 18.1 Å². The van der Waals surface area contributed by atoms with Crippen molar-refractivity contribution in [1.82, 2.24) is 10.3 Å². The Morgan fingerprint density at radius 2 is 2.12 bits per heavy atom. The van der Waals surface area contributed by atoms with Gasteiger partial charge in [-0.25, -0.2) is 4.98 Å². The van der Waals surface area contributed by atoms with E-state index in [0.717, 1.165) is 5.56 Å². The normalized spacial score (nSPS) is 10.4. The summed E-state index contributed by atoms with van der Waals surface area (Å²) in [6.07, 6.45) is 1.52. The Labute approximate surface area is 98.1 Å². The molecule has 17 heavy (non-hydrogen) atoms. The van der Waals surface area contributed by atoms with E-state index in [1.807, 2.05) is 30.3 Å². The van der Waals surface area contributed by atoms with Crippen LogP contribution in [0, 0.1) is 0 Å². The standard InChI is InChI=1S/C12H12N2O3/c15-11(16)7-13-6-10-8-17-12(14-10)9-4-2-1-3-5-9/h1-5,8,13H,6-7H2,(H,15,16). The van der Waals surface area contributed by atoms with Crippen molar-refractivity contribution in [3.63, 3.8) is 0 Å². The van der Waals surface area contributed by atoms with Gasteiger partial charge in [0.1, 0.15) is 6.26 Å². The summed E-state index contributed by atoms with van der Waals surface area (Å²) >= 11 is 0. The quantitative estimate of drug-likeness (QED) is 0.817. The molecule has 0 bridgehead atoms. The molecule has 0 unspecified atom stereocenters. The average Bonchev–Trinajstić information content (AvgIpc) is 2.78. The molecule has 0 amide bonds. The third-order valence-corrected chi connectivity index (χ3v) is 2.15. The van der Waals surface area contributed by atoms with E-state index in [1.54, 1.807) is 0 Å². The van der Waals surface area contributed by atoms with Gasteiger partial charge in [0.15, 0.2) is 0 Å². The van der Waals surface area contributed by atoms with Gasteiger partial charge >= 0.3 is 5.97 Å². The molecule has 0 aliphatic carbocycles. The molecule has 2 aromatic rings. The highest BCUT2D eigenvalue weighted by atomic mass is 16.4. The number of hydrogen-bond donors (Lipinski definition) is 2. The van der Waals surface area contributed by atoms with Crippen LogP contribution in [0.2, 0.25) is 0 Å². The monoisotopic (exact) mass is 232 g/mol. The molecule has 88 valence electrons. The molecule has 0 fully saturated rings. The number of nitrogens with zero attached hydrogens (tertiary/aromatic N) is 1. The van der Waals surface area contributed by atoms with Crippen LogP contribution in [0.4, 0.5) is 0 Å². The Bertz CT molecular complexity index is 493. The first-order valence-electron chi connectivity index (χ1n) is 5.18. The molecule has 5 nitrogen and oxygen atoms in total. The summed E-state index contributed by atoms with van der Waals surface area (Å²) in [5.41, 5.74) is 1.59. The number of hydrogen-bond acceptors (Lipinski definition) is 4. The second-order valence-electron chi connectivity index (χ2n) is 3.51. The number of aromatic nitrogens is 1. The van der Waals surface area contributed by atoms with Crippen molar-refractivity contribution in [3.05, 3.63) is 42.3 Å². The van der Waals surface area contributed by atoms with E-state index in [4.69, 9.17) is 9.52 Å².